The molecule has 4 aliphatic rings. The van der Waals surface area contributed by atoms with Gasteiger partial charge in [-0.25, -0.2) is 14.8 Å². The van der Waals surface area contributed by atoms with E-state index in [1.165, 1.54) is 16.8 Å². The molecular formula is C29H31N9O2. The zero-order valence-electron chi connectivity index (χ0n) is 22.6. The average Bonchev–Trinajstić information content (AvgIpc) is 3.27. The lowest BCUT2D eigenvalue weighted by molar-refractivity contribution is -0.122. The number of nitrogens with one attached hydrogen (secondary N) is 3. The van der Waals surface area contributed by atoms with E-state index in [9.17, 15) is 9.59 Å². The van der Waals surface area contributed by atoms with Gasteiger partial charge in [0.25, 0.3) is 0 Å². The fraction of sp³-hybridized carbons (Fsp3) is 0.448. The second-order valence-electron chi connectivity index (χ2n) is 12.1. The highest BCUT2D eigenvalue weighted by Crippen LogP contribution is 2.49. The van der Waals surface area contributed by atoms with Gasteiger partial charge in [0.2, 0.25) is 5.91 Å². The van der Waals surface area contributed by atoms with E-state index >= 15 is 0 Å². The van der Waals surface area contributed by atoms with Crippen LogP contribution in [0.25, 0.3) is 10.9 Å². The van der Waals surface area contributed by atoms with Gasteiger partial charge in [0.05, 0.1) is 35.4 Å². The molecule has 3 aromatic heterocycles. The minimum atomic E-state index is -0.722. The highest BCUT2D eigenvalue weighted by atomic mass is 16.2. The number of anilines is 1. The minimum absolute atomic E-state index is 0.0711. The Hall–Kier alpha value is -4.28. The van der Waals surface area contributed by atoms with Crippen LogP contribution in [0.1, 0.15) is 72.6 Å². The van der Waals surface area contributed by atoms with Crippen molar-refractivity contribution in [3.05, 3.63) is 64.8 Å². The first kappa shape index (κ1) is 23.6. The number of aromatic nitrogens is 6. The SMILES string of the molecule is Cc1cc2c(c3cn[nH]c13)Cn1c(C3(C)CC3)cnc1[C@H](NC(=O)N1CCC3(CC1)C(=O)Nc1nccnc13)C2. The highest BCUT2D eigenvalue weighted by molar-refractivity contribution is 6.04. The first-order valence-electron chi connectivity index (χ1n) is 14.0. The van der Waals surface area contributed by atoms with E-state index in [1.54, 1.807) is 12.4 Å². The smallest absolute Gasteiger partial charge is 0.317 e. The molecule has 8 rings (SSSR count). The molecule has 1 aliphatic carbocycles. The molecule has 0 bridgehead atoms. The number of nitrogens with zero attached hydrogens (tertiary/aromatic N) is 6. The predicted molar refractivity (Wildman–Crippen MR) is 147 cm³/mol. The zero-order valence-corrected chi connectivity index (χ0v) is 22.6. The second kappa shape index (κ2) is 8.12. The number of benzene rings is 1. The molecule has 1 spiro atoms. The Morgan fingerprint density at radius 3 is 2.70 bits per heavy atom. The van der Waals surface area contributed by atoms with Gasteiger partial charge in [0.15, 0.2) is 5.82 Å². The van der Waals surface area contributed by atoms with Crippen LogP contribution in [-0.2, 0) is 28.6 Å². The number of aromatic amines is 1. The van der Waals surface area contributed by atoms with Crippen LogP contribution in [-0.4, -0.2) is 59.6 Å². The topological polar surface area (TPSA) is 134 Å². The number of carbonyl (C=O) groups excluding carboxylic acids is 2. The molecule has 1 saturated carbocycles. The predicted octanol–water partition coefficient (Wildman–Crippen LogP) is 3.25. The monoisotopic (exact) mass is 537 g/mol. The van der Waals surface area contributed by atoms with E-state index in [1.807, 2.05) is 17.3 Å². The zero-order chi connectivity index (χ0) is 27.2. The largest absolute Gasteiger partial charge is 0.328 e. The Balaban J connectivity index is 1.10. The second-order valence-corrected chi connectivity index (χ2v) is 12.1. The highest BCUT2D eigenvalue weighted by Gasteiger charge is 2.51. The first-order valence-corrected chi connectivity index (χ1v) is 14.0. The molecule has 1 atom stereocenters. The molecule has 0 unspecified atom stereocenters. The molecule has 11 heteroatoms. The van der Waals surface area contributed by atoms with Crippen LogP contribution in [0.5, 0.6) is 0 Å². The molecule has 2 fully saturated rings. The van der Waals surface area contributed by atoms with E-state index in [4.69, 9.17) is 4.98 Å². The maximum atomic E-state index is 13.7. The summed E-state index contributed by atoms with van der Waals surface area (Å²) in [5.41, 5.74) is 6.00. The maximum absolute atomic E-state index is 13.7. The summed E-state index contributed by atoms with van der Waals surface area (Å²) in [5, 5.41) is 14.9. The Morgan fingerprint density at radius 1 is 1.10 bits per heavy atom. The summed E-state index contributed by atoms with van der Waals surface area (Å²) in [4.78, 5) is 42.2. The van der Waals surface area contributed by atoms with Crippen LogP contribution in [0, 0.1) is 6.92 Å². The number of amides is 3. The van der Waals surface area contributed by atoms with Gasteiger partial charge in [0, 0.05) is 54.6 Å². The number of H-pyrrole nitrogens is 1. The van der Waals surface area contributed by atoms with Crippen molar-refractivity contribution in [2.24, 2.45) is 0 Å². The molecule has 6 heterocycles. The number of fused-ring (bicyclic) bond motifs is 6. The Kier molecular flexibility index (Phi) is 4.79. The number of piperidine rings is 1. The molecular weight excluding hydrogens is 506 g/mol. The van der Waals surface area contributed by atoms with Crippen LogP contribution in [0.4, 0.5) is 10.6 Å². The summed E-state index contributed by atoms with van der Waals surface area (Å²) in [6, 6.07) is 1.82. The van der Waals surface area contributed by atoms with Crippen molar-refractivity contribution in [3.63, 3.8) is 0 Å². The summed E-state index contributed by atoms with van der Waals surface area (Å²) < 4.78 is 2.33. The quantitative estimate of drug-likeness (QED) is 0.359. The van der Waals surface area contributed by atoms with Gasteiger partial charge in [-0.3, -0.25) is 14.9 Å². The molecule has 3 amide bonds. The van der Waals surface area contributed by atoms with E-state index in [-0.39, 0.29) is 23.4 Å². The fourth-order valence-corrected chi connectivity index (χ4v) is 7.03. The number of hydrogen-bond donors (Lipinski definition) is 3. The molecule has 1 saturated heterocycles. The van der Waals surface area contributed by atoms with Crippen LogP contribution in [0.3, 0.4) is 0 Å². The van der Waals surface area contributed by atoms with E-state index < -0.39 is 5.41 Å². The lowest BCUT2D eigenvalue weighted by Crippen LogP contribution is -2.51. The average molecular weight is 538 g/mol. The molecule has 204 valence electrons. The number of urea groups is 1. The summed E-state index contributed by atoms with van der Waals surface area (Å²) in [6.07, 6.45) is 11.1. The number of hydrogen-bond acceptors (Lipinski definition) is 6. The Morgan fingerprint density at radius 2 is 1.90 bits per heavy atom. The van der Waals surface area contributed by atoms with Crippen LogP contribution < -0.4 is 10.6 Å². The molecule has 0 radical (unpaired) electrons. The van der Waals surface area contributed by atoms with Crippen molar-refractivity contribution in [3.8, 4) is 0 Å². The van der Waals surface area contributed by atoms with Crippen LogP contribution in [0.15, 0.2) is 30.9 Å². The summed E-state index contributed by atoms with van der Waals surface area (Å²) in [7, 11) is 0. The molecule has 11 nitrogen and oxygen atoms in total. The summed E-state index contributed by atoms with van der Waals surface area (Å²) >= 11 is 0. The third-order valence-electron chi connectivity index (χ3n) is 9.71. The van der Waals surface area contributed by atoms with E-state index in [2.05, 4.69) is 55.3 Å². The third kappa shape index (κ3) is 3.29. The van der Waals surface area contributed by atoms with Crippen molar-refractivity contribution in [2.45, 2.75) is 69.4 Å². The first-order chi connectivity index (χ1) is 19.4. The molecule has 3 aliphatic heterocycles. The summed E-state index contributed by atoms with van der Waals surface area (Å²) in [5.74, 6) is 1.37. The van der Waals surface area contributed by atoms with Gasteiger partial charge in [0.1, 0.15) is 5.82 Å². The third-order valence-corrected chi connectivity index (χ3v) is 9.71. The van der Waals surface area contributed by atoms with Crippen LogP contribution in [0.2, 0.25) is 0 Å². The number of imidazole rings is 1. The maximum Gasteiger partial charge on any atom is 0.317 e. The lowest BCUT2D eigenvalue weighted by Gasteiger charge is -2.37. The van der Waals surface area contributed by atoms with E-state index in [0.29, 0.717) is 50.4 Å². The molecule has 3 N–H and O–H groups in total. The number of likely N-dealkylation sites (tertiary alicyclic amines) is 1. The summed E-state index contributed by atoms with van der Waals surface area (Å²) in [6.45, 7) is 6.03. The number of carbonyl (C=O) groups is 2. The lowest BCUT2D eigenvalue weighted by atomic mass is 9.76. The minimum Gasteiger partial charge on any atom is -0.328 e. The van der Waals surface area contributed by atoms with Gasteiger partial charge in [-0.05, 0) is 49.3 Å². The molecule has 1 aromatic carbocycles. The van der Waals surface area contributed by atoms with Crippen molar-refractivity contribution in [1.29, 1.82) is 0 Å². The Labute approximate surface area is 230 Å². The normalized spacial score (nSPS) is 21.9. The van der Waals surface area contributed by atoms with Gasteiger partial charge in [-0.15, -0.1) is 0 Å². The van der Waals surface area contributed by atoms with Crippen molar-refractivity contribution < 1.29 is 9.59 Å². The molecule has 4 aromatic rings. The van der Waals surface area contributed by atoms with E-state index in [0.717, 1.165) is 35.1 Å². The van der Waals surface area contributed by atoms with Gasteiger partial charge in [-0.1, -0.05) is 13.0 Å². The van der Waals surface area contributed by atoms with Crippen molar-refractivity contribution in [2.75, 3.05) is 18.4 Å². The van der Waals surface area contributed by atoms with Crippen molar-refractivity contribution >= 4 is 28.7 Å². The van der Waals surface area contributed by atoms with Gasteiger partial charge >= 0.3 is 6.03 Å². The van der Waals surface area contributed by atoms with Crippen molar-refractivity contribution in [1.82, 2.24) is 39.9 Å². The number of rotatable bonds is 2. The van der Waals surface area contributed by atoms with Gasteiger partial charge in [-0.2, -0.15) is 5.10 Å². The fourth-order valence-electron chi connectivity index (χ4n) is 7.03. The number of aryl methyl sites for hydroxylation is 1. The van der Waals surface area contributed by atoms with Crippen LogP contribution >= 0.6 is 0 Å². The molecule has 40 heavy (non-hydrogen) atoms. The standard InChI is InChI=1S/C29H31N9O2/c1-16-11-17-12-20(25-32-14-21(28(2)3-4-28)38(25)15-19(17)18-13-33-36-22(16)18)34-27(40)37-9-5-29(6-10-37)23-24(35-26(29)39)31-8-7-30-23/h7-8,11,13-14,20H,3-6,9-10,12,15H2,1-2H3,(H,33,36)(H,34,40)(H,31,35,39)/t20-/m1/s1. The Bertz CT molecular complexity index is 1710. The van der Waals surface area contributed by atoms with Gasteiger partial charge < -0.3 is 20.1 Å².